The van der Waals surface area contributed by atoms with Crippen LogP contribution in [-0.2, 0) is 11.2 Å². The van der Waals surface area contributed by atoms with Gasteiger partial charge in [-0.25, -0.2) is 4.68 Å². The zero-order valence-electron chi connectivity index (χ0n) is 15.0. The Morgan fingerprint density at radius 3 is 2.77 bits per heavy atom. The minimum Gasteiger partial charge on any atom is -0.340 e. The third-order valence-electron chi connectivity index (χ3n) is 4.87. The van der Waals surface area contributed by atoms with Crippen molar-refractivity contribution in [2.45, 2.75) is 32.2 Å². The summed E-state index contributed by atoms with van der Waals surface area (Å²) in [6.45, 7) is 3.59. The number of benzene rings is 1. The molecule has 1 amide bonds. The van der Waals surface area contributed by atoms with Crippen LogP contribution in [0.15, 0.2) is 55.1 Å². The number of piperidine rings is 1. The van der Waals surface area contributed by atoms with Gasteiger partial charge in [0.1, 0.15) is 0 Å². The SMILES string of the molecule is Cc1cnn([C@H]2CCCN(C(=O)Cc3cnn(-c4ccccc4)c3)C2)c1. The molecular weight excluding hydrogens is 326 g/mol. The second-order valence-electron chi connectivity index (χ2n) is 6.94. The molecule has 3 heterocycles. The number of nitrogens with zero attached hydrogens (tertiary/aromatic N) is 5. The van der Waals surface area contributed by atoms with Crippen LogP contribution in [0.25, 0.3) is 5.69 Å². The number of amides is 1. The quantitative estimate of drug-likeness (QED) is 0.728. The van der Waals surface area contributed by atoms with Gasteiger partial charge in [-0.05, 0) is 43.0 Å². The van der Waals surface area contributed by atoms with Gasteiger partial charge in [0.15, 0.2) is 0 Å². The van der Waals surface area contributed by atoms with E-state index >= 15 is 0 Å². The molecule has 0 saturated carbocycles. The standard InChI is InChI=1S/C20H23N5O/c1-16-11-21-24(13-16)19-8-5-9-23(15-19)20(26)10-17-12-22-25(14-17)18-6-3-2-4-7-18/h2-4,6-7,11-14,19H,5,8-10,15H2,1H3/t19-/m0/s1. The zero-order chi connectivity index (χ0) is 17.9. The molecule has 1 aliphatic rings. The van der Waals surface area contributed by atoms with Gasteiger partial charge in [0.2, 0.25) is 5.91 Å². The third-order valence-corrected chi connectivity index (χ3v) is 4.87. The molecule has 2 aromatic heterocycles. The molecule has 6 nitrogen and oxygen atoms in total. The van der Waals surface area contributed by atoms with Crippen LogP contribution >= 0.6 is 0 Å². The first kappa shape index (κ1) is 16.6. The second-order valence-corrected chi connectivity index (χ2v) is 6.94. The number of carbonyl (C=O) groups is 1. The Kier molecular flexibility index (Phi) is 4.56. The van der Waals surface area contributed by atoms with E-state index in [2.05, 4.69) is 16.4 Å². The van der Waals surface area contributed by atoms with Crippen molar-refractivity contribution < 1.29 is 4.79 Å². The first-order valence-electron chi connectivity index (χ1n) is 9.06. The smallest absolute Gasteiger partial charge is 0.227 e. The summed E-state index contributed by atoms with van der Waals surface area (Å²) in [5, 5.41) is 8.80. The normalized spacial score (nSPS) is 17.4. The van der Waals surface area contributed by atoms with E-state index in [-0.39, 0.29) is 11.9 Å². The Bertz CT molecular complexity index is 883. The van der Waals surface area contributed by atoms with Gasteiger partial charge in [-0.2, -0.15) is 10.2 Å². The van der Waals surface area contributed by atoms with E-state index in [4.69, 9.17) is 0 Å². The first-order chi connectivity index (χ1) is 12.7. The fraction of sp³-hybridized carbons (Fsp3) is 0.350. The van der Waals surface area contributed by atoms with Gasteiger partial charge in [0.25, 0.3) is 0 Å². The third kappa shape index (κ3) is 3.54. The molecule has 1 aromatic carbocycles. The zero-order valence-corrected chi connectivity index (χ0v) is 15.0. The highest BCUT2D eigenvalue weighted by molar-refractivity contribution is 5.78. The highest BCUT2D eigenvalue weighted by Crippen LogP contribution is 2.22. The molecule has 1 fully saturated rings. The van der Waals surface area contributed by atoms with E-state index in [0.29, 0.717) is 6.42 Å². The minimum atomic E-state index is 0.159. The monoisotopic (exact) mass is 349 g/mol. The molecule has 3 aromatic rings. The molecular formula is C20H23N5O. The van der Waals surface area contributed by atoms with E-state index in [0.717, 1.165) is 42.7 Å². The van der Waals surface area contributed by atoms with Crippen LogP contribution in [-0.4, -0.2) is 43.5 Å². The number of carbonyl (C=O) groups excluding carboxylic acids is 1. The van der Waals surface area contributed by atoms with E-state index in [1.807, 2.05) is 63.9 Å². The molecule has 6 heteroatoms. The van der Waals surface area contributed by atoms with Gasteiger partial charge >= 0.3 is 0 Å². The van der Waals surface area contributed by atoms with Crippen LogP contribution in [0.5, 0.6) is 0 Å². The molecule has 0 bridgehead atoms. The topological polar surface area (TPSA) is 56.0 Å². The van der Waals surface area contributed by atoms with Crippen LogP contribution in [0.4, 0.5) is 0 Å². The Balaban J connectivity index is 1.41. The molecule has 1 atom stereocenters. The molecule has 134 valence electrons. The fourth-order valence-electron chi connectivity index (χ4n) is 3.49. The summed E-state index contributed by atoms with van der Waals surface area (Å²) in [6.07, 6.45) is 10.1. The molecule has 0 radical (unpaired) electrons. The first-order valence-corrected chi connectivity index (χ1v) is 9.06. The van der Waals surface area contributed by atoms with Gasteiger partial charge in [0, 0.05) is 25.5 Å². The van der Waals surface area contributed by atoms with Gasteiger partial charge in [-0.15, -0.1) is 0 Å². The van der Waals surface area contributed by atoms with Crippen molar-refractivity contribution in [1.29, 1.82) is 0 Å². The number of hydrogen-bond donors (Lipinski definition) is 0. The summed E-state index contributed by atoms with van der Waals surface area (Å²) in [5.41, 5.74) is 3.09. The highest BCUT2D eigenvalue weighted by Gasteiger charge is 2.25. The number of aryl methyl sites for hydroxylation is 1. The Morgan fingerprint density at radius 2 is 2.00 bits per heavy atom. The Labute approximate surface area is 153 Å². The average molecular weight is 349 g/mol. The van der Waals surface area contributed by atoms with Crippen molar-refractivity contribution in [1.82, 2.24) is 24.5 Å². The van der Waals surface area contributed by atoms with Crippen molar-refractivity contribution in [3.05, 3.63) is 66.2 Å². The Morgan fingerprint density at radius 1 is 1.15 bits per heavy atom. The molecule has 26 heavy (non-hydrogen) atoms. The number of para-hydroxylation sites is 1. The number of hydrogen-bond acceptors (Lipinski definition) is 3. The second kappa shape index (κ2) is 7.15. The van der Waals surface area contributed by atoms with Gasteiger partial charge in [0.05, 0.1) is 30.5 Å². The Hall–Kier alpha value is -2.89. The van der Waals surface area contributed by atoms with Crippen LogP contribution in [0.1, 0.15) is 30.0 Å². The van der Waals surface area contributed by atoms with Crippen molar-refractivity contribution >= 4 is 5.91 Å². The number of rotatable bonds is 4. The van der Waals surface area contributed by atoms with Crippen LogP contribution in [0, 0.1) is 6.92 Å². The van der Waals surface area contributed by atoms with Crippen molar-refractivity contribution in [3.8, 4) is 5.69 Å². The van der Waals surface area contributed by atoms with Crippen LogP contribution in [0.3, 0.4) is 0 Å². The van der Waals surface area contributed by atoms with E-state index in [9.17, 15) is 4.79 Å². The van der Waals surface area contributed by atoms with E-state index < -0.39 is 0 Å². The lowest BCUT2D eigenvalue weighted by atomic mass is 10.0. The lowest BCUT2D eigenvalue weighted by Gasteiger charge is -2.33. The van der Waals surface area contributed by atoms with Crippen LogP contribution < -0.4 is 0 Å². The molecule has 1 aliphatic heterocycles. The number of likely N-dealkylation sites (tertiary alicyclic amines) is 1. The summed E-state index contributed by atoms with van der Waals surface area (Å²) in [6, 6.07) is 10.2. The van der Waals surface area contributed by atoms with Gasteiger partial charge < -0.3 is 4.90 Å². The maximum absolute atomic E-state index is 12.8. The summed E-state index contributed by atoms with van der Waals surface area (Å²) in [7, 11) is 0. The summed E-state index contributed by atoms with van der Waals surface area (Å²) >= 11 is 0. The van der Waals surface area contributed by atoms with Gasteiger partial charge in [-0.1, -0.05) is 18.2 Å². The van der Waals surface area contributed by atoms with E-state index in [1.165, 1.54) is 0 Å². The molecule has 0 N–H and O–H groups in total. The van der Waals surface area contributed by atoms with Crippen molar-refractivity contribution in [2.24, 2.45) is 0 Å². The average Bonchev–Trinajstić information content (AvgIpc) is 3.32. The summed E-state index contributed by atoms with van der Waals surface area (Å²) < 4.78 is 3.82. The van der Waals surface area contributed by atoms with E-state index in [1.54, 1.807) is 6.20 Å². The van der Waals surface area contributed by atoms with Crippen molar-refractivity contribution in [2.75, 3.05) is 13.1 Å². The maximum Gasteiger partial charge on any atom is 0.227 e. The largest absolute Gasteiger partial charge is 0.340 e. The minimum absolute atomic E-state index is 0.159. The molecule has 0 aliphatic carbocycles. The summed E-state index contributed by atoms with van der Waals surface area (Å²) in [4.78, 5) is 14.7. The molecule has 1 saturated heterocycles. The lowest BCUT2D eigenvalue weighted by molar-refractivity contribution is -0.132. The predicted octanol–water partition coefficient (Wildman–Crippen LogP) is 2.78. The lowest BCUT2D eigenvalue weighted by Crippen LogP contribution is -2.41. The molecule has 0 unspecified atom stereocenters. The van der Waals surface area contributed by atoms with Gasteiger partial charge in [-0.3, -0.25) is 9.48 Å². The van der Waals surface area contributed by atoms with Crippen LogP contribution in [0.2, 0.25) is 0 Å². The summed E-state index contributed by atoms with van der Waals surface area (Å²) in [5.74, 6) is 0.159. The number of aromatic nitrogens is 4. The fourth-order valence-corrected chi connectivity index (χ4v) is 3.49. The highest BCUT2D eigenvalue weighted by atomic mass is 16.2. The molecule has 4 rings (SSSR count). The van der Waals surface area contributed by atoms with Crippen molar-refractivity contribution in [3.63, 3.8) is 0 Å². The molecule has 0 spiro atoms. The maximum atomic E-state index is 12.8. The predicted molar refractivity (Wildman–Crippen MR) is 99.1 cm³/mol.